The van der Waals surface area contributed by atoms with Crippen LogP contribution in [0.3, 0.4) is 0 Å². The molecule has 2 rings (SSSR count). The molecule has 0 aliphatic rings. The molecule has 0 aliphatic carbocycles. The molecule has 4 nitrogen and oxygen atoms in total. The van der Waals surface area contributed by atoms with E-state index >= 15 is 0 Å². The summed E-state index contributed by atoms with van der Waals surface area (Å²) in [6.45, 7) is 0. The maximum atomic E-state index is 13.3. The van der Waals surface area contributed by atoms with E-state index in [4.69, 9.17) is 32.2 Å². The van der Waals surface area contributed by atoms with Crippen molar-refractivity contribution in [3.05, 3.63) is 47.8 Å². The van der Waals surface area contributed by atoms with Crippen molar-refractivity contribution in [2.45, 2.75) is 0 Å². The molecule has 2 aromatic carbocycles. The zero-order valence-electron chi connectivity index (χ0n) is 11.6. The number of hydrogen-bond acceptors (Lipinski definition) is 4. The molecule has 6 heteroatoms. The minimum absolute atomic E-state index is 0.0402. The summed E-state index contributed by atoms with van der Waals surface area (Å²) < 4.78 is 29.6. The lowest BCUT2D eigenvalue weighted by Crippen LogP contribution is -2.11. The van der Waals surface area contributed by atoms with Crippen molar-refractivity contribution in [3.8, 4) is 23.0 Å². The molecule has 0 atom stereocenters. The molecule has 21 heavy (non-hydrogen) atoms. The topological polar surface area (TPSA) is 53.7 Å². The molecule has 0 radical (unpaired) electrons. The predicted molar refractivity (Wildman–Crippen MR) is 81.9 cm³/mol. The average Bonchev–Trinajstić information content (AvgIpc) is 2.48. The summed E-state index contributed by atoms with van der Waals surface area (Å²) in [5, 5.41) is 0. The smallest absolute Gasteiger partial charge is 0.211 e. The number of rotatable bonds is 5. The summed E-state index contributed by atoms with van der Waals surface area (Å²) in [6.07, 6.45) is 0. The molecule has 0 aromatic heterocycles. The van der Waals surface area contributed by atoms with Gasteiger partial charge in [0, 0.05) is 0 Å². The van der Waals surface area contributed by atoms with Crippen molar-refractivity contribution < 1.29 is 18.6 Å². The second kappa shape index (κ2) is 6.41. The van der Waals surface area contributed by atoms with Gasteiger partial charge in [-0.15, -0.1) is 0 Å². The second-order valence-electron chi connectivity index (χ2n) is 4.10. The molecule has 0 fully saturated rings. The van der Waals surface area contributed by atoms with Crippen LogP contribution < -0.4 is 19.9 Å². The molecule has 0 heterocycles. The van der Waals surface area contributed by atoms with Gasteiger partial charge in [-0.3, -0.25) is 0 Å². The van der Waals surface area contributed by atoms with E-state index < -0.39 is 5.82 Å². The lowest BCUT2D eigenvalue weighted by atomic mass is 10.2. The Morgan fingerprint density at radius 3 is 2.19 bits per heavy atom. The first-order valence-corrected chi connectivity index (χ1v) is 6.46. The quantitative estimate of drug-likeness (QED) is 0.859. The standard InChI is InChI=1S/C15H14FNO3S/c1-18-12-4-3-5-13(19-2)14(12)20-11-7-6-9(16)8-10(11)15(17)21/h3-8H,1-2H3,(H2,17,21). The molecule has 0 saturated heterocycles. The van der Waals surface area contributed by atoms with Gasteiger partial charge in [0.05, 0.1) is 19.8 Å². The number of benzene rings is 2. The largest absolute Gasteiger partial charge is 0.493 e. The molecule has 2 aromatic rings. The van der Waals surface area contributed by atoms with Crippen LogP contribution in [0.25, 0.3) is 0 Å². The van der Waals surface area contributed by atoms with Crippen molar-refractivity contribution in [2.24, 2.45) is 5.73 Å². The van der Waals surface area contributed by atoms with Crippen molar-refractivity contribution in [1.29, 1.82) is 0 Å². The number of nitrogens with two attached hydrogens (primary N) is 1. The fraction of sp³-hybridized carbons (Fsp3) is 0.133. The zero-order chi connectivity index (χ0) is 15.4. The van der Waals surface area contributed by atoms with Gasteiger partial charge in [-0.2, -0.15) is 0 Å². The van der Waals surface area contributed by atoms with E-state index in [-0.39, 0.29) is 4.99 Å². The van der Waals surface area contributed by atoms with Crippen molar-refractivity contribution in [2.75, 3.05) is 14.2 Å². The molecule has 0 bridgehead atoms. The van der Waals surface area contributed by atoms with Crippen LogP contribution in [0.4, 0.5) is 4.39 Å². The summed E-state index contributed by atoms with van der Waals surface area (Å²) >= 11 is 4.92. The van der Waals surface area contributed by atoms with Gasteiger partial charge >= 0.3 is 0 Å². The molecular weight excluding hydrogens is 293 g/mol. The van der Waals surface area contributed by atoms with Crippen LogP contribution in [0.15, 0.2) is 36.4 Å². The lowest BCUT2D eigenvalue weighted by Gasteiger charge is -2.15. The molecule has 110 valence electrons. The second-order valence-corrected chi connectivity index (χ2v) is 4.54. The van der Waals surface area contributed by atoms with E-state index in [0.29, 0.717) is 28.6 Å². The molecule has 0 amide bonds. The van der Waals surface area contributed by atoms with E-state index in [1.807, 2.05) is 0 Å². The van der Waals surface area contributed by atoms with Crippen LogP contribution >= 0.6 is 12.2 Å². The monoisotopic (exact) mass is 307 g/mol. The maximum Gasteiger partial charge on any atom is 0.211 e. The average molecular weight is 307 g/mol. The Hall–Kier alpha value is -2.34. The molecule has 0 aliphatic heterocycles. The SMILES string of the molecule is COc1cccc(OC)c1Oc1ccc(F)cc1C(N)=S. The Bertz CT molecular complexity index is 654. The molecule has 0 unspecified atom stereocenters. The first-order valence-electron chi connectivity index (χ1n) is 6.05. The van der Waals surface area contributed by atoms with Gasteiger partial charge in [0.15, 0.2) is 11.5 Å². The first kappa shape index (κ1) is 15.1. The van der Waals surface area contributed by atoms with Crippen LogP contribution in [0.5, 0.6) is 23.0 Å². The highest BCUT2D eigenvalue weighted by atomic mass is 32.1. The highest BCUT2D eigenvalue weighted by molar-refractivity contribution is 7.80. The van der Waals surface area contributed by atoms with Gasteiger partial charge in [-0.25, -0.2) is 4.39 Å². The van der Waals surface area contributed by atoms with Gasteiger partial charge in [0.1, 0.15) is 16.6 Å². The number of para-hydroxylation sites is 1. The Balaban J connectivity index is 2.50. The fourth-order valence-electron chi connectivity index (χ4n) is 1.81. The first-order chi connectivity index (χ1) is 10.1. The van der Waals surface area contributed by atoms with Crippen LogP contribution in [0.2, 0.25) is 0 Å². The minimum Gasteiger partial charge on any atom is -0.493 e. The van der Waals surface area contributed by atoms with Crippen LogP contribution in [-0.2, 0) is 0 Å². The lowest BCUT2D eigenvalue weighted by molar-refractivity contribution is 0.346. The van der Waals surface area contributed by atoms with Gasteiger partial charge in [0.25, 0.3) is 0 Å². The van der Waals surface area contributed by atoms with E-state index in [1.54, 1.807) is 18.2 Å². The molecule has 2 N–H and O–H groups in total. The van der Waals surface area contributed by atoms with Crippen LogP contribution in [0, 0.1) is 5.82 Å². The number of ether oxygens (including phenoxy) is 3. The Morgan fingerprint density at radius 2 is 1.67 bits per heavy atom. The van der Waals surface area contributed by atoms with Crippen molar-refractivity contribution >= 4 is 17.2 Å². The maximum absolute atomic E-state index is 13.3. The highest BCUT2D eigenvalue weighted by Crippen LogP contribution is 2.40. The number of methoxy groups -OCH3 is 2. The van der Waals surface area contributed by atoms with Crippen molar-refractivity contribution in [1.82, 2.24) is 0 Å². The third kappa shape index (κ3) is 3.22. The van der Waals surface area contributed by atoms with Gasteiger partial charge in [-0.05, 0) is 30.3 Å². The molecule has 0 saturated carbocycles. The van der Waals surface area contributed by atoms with E-state index in [1.165, 1.54) is 32.4 Å². The van der Waals surface area contributed by atoms with Gasteiger partial charge in [0.2, 0.25) is 5.75 Å². The van der Waals surface area contributed by atoms with E-state index in [0.717, 1.165) is 0 Å². The normalized spacial score (nSPS) is 10.0. The zero-order valence-corrected chi connectivity index (χ0v) is 12.4. The highest BCUT2D eigenvalue weighted by Gasteiger charge is 2.16. The summed E-state index contributed by atoms with van der Waals surface area (Å²) in [5.41, 5.74) is 5.90. The molecule has 0 spiro atoms. The summed E-state index contributed by atoms with van der Waals surface area (Å²) in [6, 6.07) is 9.15. The Kier molecular flexibility index (Phi) is 4.59. The summed E-state index contributed by atoms with van der Waals surface area (Å²) in [7, 11) is 3.03. The van der Waals surface area contributed by atoms with Gasteiger partial charge in [-0.1, -0.05) is 18.3 Å². The minimum atomic E-state index is -0.447. The van der Waals surface area contributed by atoms with Gasteiger partial charge < -0.3 is 19.9 Å². The summed E-state index contributed by atoms with van der Waals surface area (Å²) in [4.78, 5) is 0.0402. The summed E-state index contributed by atoms with van der Waals surface area (Å²) in [5.74, 6) is 1.20. The number of thiocarbonyl (C=S) groups is 1. The Labute approximate surface area is 127 Å². The molecular formula is C15H14FNO3S. The van der Waals surface area contributed by atoms with Crippen molar-refractivity contribution in [3.63, 3.8) is 0 Å². The number of hydrogen-bond donors (Lipinski definition) is 1. The third-order valence-electron chi connectivity index (χ3n) is 2.80. The fourth-order valence-corrected chi connectivity index (χ4v) is 1.97. The predicted octanol–water partition coefficient (Wildman–Crippen LogP) is 3.27. The number of halogens is 1. The van der Waals surface area contributed by atoms with E-state index in [2.05, 4.69) is 0 Å². The van der Waals surface area contributed by atoms with E-state index in [9.17, 15) is 4.39 Å². The van der Waals surface area contributed by atoms with Crippen LogP contribution in [-0.4, -0.2) is 19.2 Å². The van der Waals surface area contributed by atoms with Crippen LogP contribution in [0.1, 0.15) is 5.56 Å². The Morgan fingerprint density at radius 1 is 1.05 bits per heavy atom. The third-order valence-corrected chi connectivity index (χ3v) is 3.02.